The number of carbonyl (C=O) groups excluding carboxylic acids is 1. The summed E-state index contributed by atoms with van der Waals surface area (Å²) in [5.74, 6) is -0.584. The van der Waals surface area contributed by atoms with E-state index in [0.29, 0.717) is 25.9 Å². The summed E-state index contributed by atoms with van der Waals surface area (Å²) in [6, 6.07) is 3.63. The van der Waals surface area contributed by atoms with Gasteiger partial charge in [0.05, 0.1) is 23.2 Å². The number of benzene rings is 1. The highest BCUT2D eigenvalue weighted by Gasteiger charge is 2.30. The molecule has 1 aliphatic heterocycles. The van der Waals surface area contributed by atoms with Crippen molar-refractivity contribution in [3.05, 3.63) is 24.0 Å². The van der Waals surface area contributed by atoms with E-state index in [-0.39, 0.29) is 35.1 Å². The number of likely N-dealkylation sites (tertiary alicyclic amines) is 1. The van der Waals surface area contributed by atoms with E-state index in [9.17, 15) is 17.6 Å². The number of piperidine rings is 1. The molecule has 0 spiro atoms. The zero-order valence-electron chi connectivity index (χ0n) is 19.3. The maximum atomic E-state index is 14.1. The number of hydrogen-bond donors (Lipinski definition) is 0. The largest absolute Gasteiger partial charge is 0.487 e. The van der Waals surface area contributed by atoms with Gasteiger partial charge in [0.2, 0.25) is 0 Å². The maximum absolute atomic E-state index is 14.1. The monoisotopic (exact) mass is 471 g/mol. The maximum Gasteiger partial charge on any atom is 0.410 e. The van der Waals surface area contributed by atoms with E-state index in [1.807, 2.05) is 20.8 Å². The molecule has 180 valence electrons. The van der Waals surface area contributed by atoms with Gasteiger partial charge in [-0.1, -0.05) is 0 Å². The van der Waals surface area contributed by atoms with E-state index in [4.69, 9.17) is 14.2 Å². The molecule has 1 heterocycles. The Bertz CT molecular complexity index is 898. The Labute approximate surface area is 190 Å². The lowest BCUT2D eigenvalue weighted by atomic mass is 9.94. The fourth-order valence-corrected chi connectivity index (χ4v) is 4.68. The molecular formula is C23H34FNO6S. The van der Waals surface area contributed by atoms with Gasteiger partial charge in [0.25, 0.3) is 0 Å². The fraction of sp³-hybridized carbons (Fsp3) is 0.696. The van der Waals surface area contributed by atoms with Crippen LogP contribution in [0.2, 0.25) is 0 Å². The molecule has 1 amide bonds. The molecule has 1 aromatic rings. The number of ether oxygens (including phenoxy) is 3. The Hall–Kier alpha value is -1.87. The minimum Gasteiger partial charge on any atom is -0.487 e. The average Bonchev–Trinajstić information content (AvgIpc) is 2.69. The summed E-state index contributed by atoms with van der Waals surface area (Å²) in [6.07, 6.45) is 5.43. The van der Waals surface area contributed by atoms with Crippen molar-refractivity contribution >= 4 is 15.9 Å². The summed E-state index contributed by atoms with van der Waals surface area (Å²) >= 11 is 0. The van der Waals surface area contributed by atoms with E-state index in [0.717, 1.165) is 38.0 Å². The molecule has 0 unspecified atom stereocenters. The van der Waals surface area contributed by atoms with Crippen molar-refractivity contribution in [1.29, 1.82) is 0 Å². The second kappa shape index (κ2) is 9.95. The number of halogens is 1. The van der Waals surface area contributed by atoms with Crippen LogP contribution in [0, 0.1) is 5.82 Å². The average molecular weight is 472 g/mol. The van der Waals surface area contributed by atoms with Gasteiger partial charge in [-0.3, -0.25) is 0 Å². The van der Waals surface area contributed by atoms with Crippen molar-refractivity contribution in [1.82, 2.24) is 4.90 Å². The van der Waals surface area contributed by atoms with E-state index in [2.05, 4.69) is 0 Å². The number of sulfone groups is 1. The van der Waals surface area contributed by atoms with Crippen LogP contribution in [0.5, 0.6) is 5.75 Å². The lowest BCUT2D eigenvalue weighted by Gasteiger charge is -2.36. The van der Waals surface area contributed by atoms with Gasteiger partial charge in [-0.25, -0.2) is 17.6 Å². The fourth-order valence-electron chi connectivity index (χ4n) is 4.04. The number of amides is 1. The van der Waals surface area contributed by atoms with Crippen molar-refractivity contribution in [3.63, 3.8) is 0 Å². The SMILES string of the molecule is CC(C)(C)OC(=O)N1CCC(OC2CCC(Oc3cc(S(C)(=O)=O)ccc3F)CC2)CC1. The first-order valence-electron chi connectivity index (χ1n) is 11.2. The molecule has 1 aromatic carbocycles. The Morgan fingerprint density at radius 1 is 1.00 bits per heavy atom. The molecule has 1 saturated carbocycles. The number of nitrogens with zero attached hydrogens (tertiary/aromatic N) is 1. The molecule has 7 nitrogen and oxygen atoms in total. The summed E-state index contributed by atoms with van der Waals surface area (Å²) in [5, 5.41) is 0. The van der Waals surface area contributed by atoms with Crippen LogP contribution >= 0.6 is 0 Å². The zero-order chi connectivity index (χ0) is 23.5. The zero-order valence-corrected chi connectivity index (χ0v) is 20.1. The summed E-state index contributed by atoms with van der Waals surface area (Å²) in [5.41, 5.74) is -0.500. The van der Waals surface area contributed by atoms with Crippen LogP contribution in [0.15, 0.2) is 23.1 Å². The third-order valence-electron chi connectivity index (χ3n) is 5.72. The first-order chi connectivity index (χ1) is 14.9. The van der Waals surface area contributed by atoms with Gasteiger partial charge in [0, 0.05) is 25.4 Å². The number of hydrogen-bond acceptors (Lipinski definition) is 6. The van der Waals surface area contributed by atoms with Crippen LogP contribution in [0.1, 0.15) is 59.3 Å². The van der Waals surface area contributed by atoms with Gasteiger partial charge >= 0.3 is 6.09 Å². The van der Waals surface area contributed by atoms with Crippen molar-refractivity contribution in [2.45, 2.75) is 88.1 Å². The molecule has 2 fully saturated rings. The van der Waals surface area contributed by atoms with E-state index in [1.165, 1.54) is 12.1 Å². The van der Waals surface area contributed by atoms with Crippen LogP contribution in [0.25, 0.3) is 0 Å². The van der Waals surface area contributed by atoms with E-state index < -0.39 is 21.3 Å². The Kier molecular flexibility index (Phi) is 7.70. The standard InChI is InChI=1S/C23H34FNO6S/c1-23(2,3)31-22(26)25-13-11-18(12-14-25)29-16-5-7-17(8-6-16)30-21-15-19(32(4,27)28)9-10-20(21)24/h9-10,15-18H,5-8,11-14H2,1-4H3. The molecule has 3 rings (SSSR count). The summed E-state index contributed by atoms with van der Waals surface area (Å²) in [4.78, 5) is 14.0. The van der Waals surface area contributed by atoms with Crippen molar-refractivity contribution in [2.24, 2.45) is 0 Å². The van der Waals surface area contributed by atoms with Gasteiger partial charge in [0.1, 0.15) is 5.60 Å². The number of rotatable bonds is 5. The summed E-state index contributed by atoms with van der Waals surface area (Å²) < 4.78 is 55.0. The van der Waals surface area contributed by atoms with Gasteiger partial charge in [0.15, 0.2) is 21.4 Å². The molecular weight excluding hydrogens is 437 g/mol. The topological polar surface area (TPSA) is 82.1 Å². The van der Waals surface area contributed by atoms with Crippen LogP contribution in [0.4, 0.5) is 9.18 Å². The summed E-state index contributed by atoms with van der Waals surface area (Å²) in [7, 11) is -3.43. The smallest absolute Gasteiger partial charge is 0.410 e. The molecule has 9 heteroatoms. The Morgan fingerprint density at radius 2 is 1.56 bits per heavy atom. The first-order valence-corrected chi connectivity index (χ1v) is 13.1. The molecule has 1 aliphatic carbocycles. The van der Waals surface area contributed by atoms with Crippen molar-refractivity contribution < 1.29 is 31.8 Å². The van der Waals surface area contributed by atoms with Crippen LogP contribution in [-0.2, 0) is 19.3 Å². The normalized spacial score (nSPS) is 23.1. The number of carbonyl (C=O) groups is 1. The molecule has 0 N–H and O–H groups in total. The predicted molar refractivity (Wildman–Crippen MR) is 118 cm³/mol. The lowest BCUT2D eigenvalue weighted by molar-refractivity contribution is -0.0677. The highest BCUT2D eigenvalue weighted by Crippen LogP contribution is 2.30. The van der Waals surface area contributed by atoms with E-state index in [1.54, 1.807) is 4.90 Å². The van der Waals surface area contributed by atoms with Gasteiger partial charge in [-0.15, -0.1) is 0 Å². The third-order valence-corrected chi connectivity index (χ3v) is 6.83. The molecule has 0 atom stereocenters. The molecule has 2 aliphatic rings. The highest BCUT2D eigenvalue weighted by molar-refractivity contribution is 7.90. The molecule has 0 bridgehead atoms. The predicted octanol–water partition coefficient (Wildman–Crippen LogP) is 4.34. The lowest BCUT2D eigenvalue weighted by Crippen LogP contribution is -2.44. The van der Waals surface area contributed by atoms with Crippen molar-refractivity contribution in [2.75, 3.05) is 19.3 Å². The summed E-state index contributed by atoms with van der Waals surface area (Å²) in [6.45, 7) is 6.81. The third kappa shape index (κ3) is 7.07. The molecule has 0 radical (unpaired) electrons. The van der Waals surface area contributed by atoms with Gasteiger partial charge in [-0.05, 0) is 71.4 Å². The second-order valence-corrected chi connectivity index (χ2v) is 11.7. The Balaban J connectivity index is 1.43. The van der Waals surface area contributed by atoms with Crippen LogP contribution < -0.4 is 4.74 Å². The van der Waals surface area contributed by atoms with Crippen molar-refractivity contribution in [3.8, 4) is 5.75 Å². The molecule has 32 heavy (non-hydrogen) atoms. The Morgan fingerprint density at radius 3 is 2.12 bits per heavy atom. The van der Waals surface area contributed by atoms with Crippen LogP contribution in [-0.4, -0.2) is 62.7 Å². The first kappa shape index (κ1) is 24.8. The minimum atomic E-state index is -3.43. The quantitative estimate of drug-likeness (QED) is 0.595. The molecule has 1 saturated heterocycles. The minimum absolute atomic E-state index is 0.0215. The second-order valence-electron chi connectivity index (χ2n) is 9.68. The van der Waals surface area contributed by atoms with Crippen LogP contribution in [0.3, 0.4) is 0 Å². The van der Waals surface area contributed by atoms with Gasteiger partial charge in [-0.2, -0.15) is 0 Å². The van der Waals surface area contributed by atoms with Gasteiger partial charge < -0.3 is 19.1 Å². The highest BCUT2D eigenvalue weighted by atomic mass is 32.2. The van der Waals surface area contributed by atoms with E-state index >= 15 is 0 Å². The molecule has 0 aromatic heterocycles.